The molecule has 0 spiro atoms. The Morgan fingerprint density at radius 1 is 1.10 bits per heavy atom. The zero-order valence-corrected chi connectivity index (χ0v) is 11.5. The predicted molar refractivity (Wildman–Crippen MR) is 75.0 cm³/mol. The maximum atomic E-state index is 10.8. The number of carboxylic acid groups (broad SMARTS) is 1. The van der Waals surface area contributed by atoms with Gasteiger partial charge in [-0.2, -0.15) is 0 Å². The lowest BCUT2D eigenvalue weighted by Gasteiger charge is -2.38. The summed E-state index contributed by atoms with van der Waals surface area (Å²) in [5.74, 6) is -0.344. The van der Waals surface area contributed by atoms with Crippen LogP contribution < -0.4 is 4.90 Å². The second-order valence-corrected chi connectivity index (χ2v) is 5.54. The number of hydrogen-bond acceptors (Lipinski definition) is 5. The molecule has 1 aromatic rings. The Hall–Kier alpha value is -1.69. The van der Waals surface area contributed by atoms with Crippen LogP contribution in [0.2, 0.25) is 0 Å². The van der Waals surface area contributed by atoms with Crippen LogP contribution in [0.1, 0.15) is 36.0 Å². The first-order valence-electron chi connectivity index (χ1n) is 7.28. The van der Waals surface area contributed by atoms with Crippen molar-refractivity contribution in [3.63, 3.8) is 0 Å². The number of carbonyl (C=O) groups is 1. The SMILES string of the molecule is O=C(O)c1cnc(N2CCN(C3CCCC3)CC2)nc1. The molecule has 108 valence electrons. The maximum absolute atomic E-state index is 10.8. The third-order valence-corrected chi connectivity index (χ3v) is 4.32. The summed E-state index contributed by atoms with van der Waals surface area (Å²) in [6.07, 6.45) is 8.17. The minimum Gasteiger partial charge on any atom is -0.478 e. The first-order chi connectivity index (χ1) is 9.74. The lowest BCUT2D eigenvalue weighted by Crippen LogP contribution is -2.50. The van der Waals surface area contributed by atoms with Crippen LogP contribution in [-0.2, 0) is 0 Å². The van der Waals surface area contributed by atoms with E-state index < -0.39 is 5.97 Å². The molecule has 2 fully saturated rings. The Kier molecular flexibility index (Phi) is 3.82. The van der Waals surface area contributed by atoms with Gasteiger partial charge in [-0.1, -0.05) is 12.8 Å². The second-order valence-electron chi connectivity index (χ2n) is 5.54. The monoisotopic (exact) mass is 276 g/mol. The summed E-state index contributed by atoms with van der Waals surface area (Å²) in [6, 6.07) is 0.771. The van der Waals surface area contributed by atoms with E-state index in [0.29, 0.717) is 5.95 Å². The summed E-state index contributed by atoms with van der Waals surface area (Å²) in [7, 11) is 0. The number of aromatic nitrogens is 2. The zero-order chi connectivity index (χ0) is 13.9. The molecule has 1 N–H and O–H groups in total. The quantitative estimate of drug-likeness (QED) is 0.895. The van der Waals surface area contributed by atoms with Gasteiger partial charge in [0.1, 0.15) is 0 Å². The number of piperazine rings is 1. The first kappa shape index (κ1) is 13.3. The van der Waals surface area contributed by atoms with E-state index in [2.05, 4.69) is 19.8 Å². The van der Waals surface area contributed by atoms with Crippen molar-refractivity contribution in [2.75, 3.05) is 31.1 Å². The Bertz CT molecular complexity index is 463. The largest absolute Gasteiger partial charge is 0.478 e. The van der Waals surface area contributed by atoms with Crippen LogP contribution in [0.5, 0.6) is 0 Å². The van der Waals surface area contributed by atoms with Gasteiger partial charge < -0.3 is 10.0 Å². The molecule has 0 bridgehead atoms. The van der Waals surface area contributed by atoms with Gasteiger partial charge in [0.15, 0.2) is 0 Å². The van der Waals surface area contributed by atoms with Crippen molar-refractivity contribution in [2.24, 2.45) is 0 Å². The minimum absolute atomic E-state index is 0.137. The van der Waals surface area contributed by atoms with E-state index in [1.165, 1.54) is 38.1 Å². The third kappa shape index (κ3) is 2.75. The van der Waals surface area contributed by atoms with Crippen LogP contribution >= 0.6 is 0 Å². The summed E-state index contributed by atoms with van der Waals surface area (Å²) >= 11 is 0. The smallest absolute Gasteiger partial charge is 0.338 e. The Morgan fingerprint density at radius 3 is 2.25 bits per heavy atom. The Balaban J connectivity index is 1.58. The molecule has 1 aliphatic heterocycles. The van der Waals surface area contributed by atoms with E-state index >= 15 is 0 Å². The van der Waals surface area contributed by atoms with Gasteiger partial charge in [0.2, 0.25) is 5.95 Å². The van der Waals surface area contributed by atoms with Crippen molar-refractivity contribution in [1.29, 1.82) is 0 Å². The van der Waals surface area contributed by atoms with Crippen molar-refractivity contribution < 1.29 is 9.90 Å². The van der Waals surface area contributed by atoms with E-state index in [-0.39, 0.29) is 5.56 Å². The zero-order valence-electron chi connectivity index (χ0n) is 11.5. The molecule has 3 rings (SSSR count). The van der Waals surface area contributed by atoms with E-state index in [0.717, 1.165) is 32.2 Å². The van der Waals surface area contributed by atoms with Crippen LogP contribution in [0.15, 0.2) is 12.4 Å². The number of anilines is 1. The molecule has 0 amide bonds. The van der Waals surface area contributed by atoms with E-state index in [1.807, 2.05) is 0 Å². The van der Waals surface area contributed by atoms with Gasteiger partial charge in [0.05, 0.1) is 5.56 Å². The average Bonchev–Trinajstić information content (AvgIpc) is 3.02. The molecule has 1 saturated carbocycles. The molecule has 0 radical (unpaired) electrons. The fourth-order valence-electron chi connectivity index (χ4n) is 3.15. The topological polar surface area (TPSA) is 69.6 Å². The predicted octanol–water partition coefficient (Wildman–Crippen LogP) is 1.24. The van der Waals surface area contributed by atoms with Crippen molar-refractivity contribution in [2.45, 2.75) is 31.7 Å². The van der Waals surface area contributed by atoms with Crippen LogP contribution in [0.25, 0.3) is 0 Å². The number of carboxylic acids is 1. The molecule has 1 aliphatic carbocycles. The molecule has 2 heterocycles. The number of hydrogen-bond donors (Lipinski definition) is 1. The number of nitrogens with zero attached hydrogens (tertiary/aromatic N) is 4. The lowest BCUT2D eigenvalue weighted by atomic mass is 10.2. The first-order valence-corrected chi connectivity index (χ1v) is 7.28. The highest BCUT2D eigenvalue weighted by molar-refractivity contribution is 5.86. The number of rotatable bonds is 3. The normalized spacial score (nSPS) is 21.3. The fourth-order valence-corrected chi connectivity index (χ4v) is 3.15. The van der Waals surface area contributed by atoms with Gasteiger partial charge in [0.25, 0.3) is 0 Å². The molecule has 0 aromatic carbocycles. The molecule has 2 aliphatic rings. The van der Waals surface area contributed by atoms with Crippen LogP contribution in [0.4, 0.5) is 5.95 Å². The van der Waals surface area contributed by atoms with E-state index in [1.54, 1.807) is 0 Å². The standard InChI is InChI=1S/C14H20N4O2/c19-13(20)11-9-15-14(16-10-11)18-7-5-17(6-8-18)12-3-1-2-4-12/h9-10,12H,1-8H2,(H,19,20). The molecule has 0 unspecified atom stereocenters. The Labute approximate surface area is 118 Å². The van der Waals surface area contributed by atoms with Crippen LogP contribution in [-0.4, -0.2) is 58.2 Å². The molecule has 1 aromatic heterocycles. The molecular formula is C14H20N4O2. The second kappa shape index (κ2) is 5.75. The molecular weight excluding hydrogens is 256 g/mol. The highest BCUT2D eigenvalue weighted by atomic mass is 16.4. The molecule has 6 heteroatoms. The van der Waals surface area contributed by atoms with Gasteiger partial charge in [-0.3, -0.25) is 4.90 Å². The van der Waals surface area contributed by atoms with Gasteiger partial charge in [-0.05, 0) is 12.8 Å². The summed E-state index contributed by atoms with van der Waals surface area (Å²) in [6.45, 7) is 3.94. The van der Waals surface area contributed by atoms with Crippen LogP contribution in [0, 0.1) is 0 Å². The highest BCUT2D eigenvalue weighted by Gasteiger charge is 2.26. The van der Waals surface area contributed by atoms with E-state index in [4.69, 9.17) is 5.11 Å². The molecule has 20 heavy (non-hydrogen) atoms. The summed E-state index contributed by atoms with van der Waals surface area (Å²) < 4.78 is 0. The van der Waals surface area contributed by atoms with Crippen molar-refractivity contribution >= 4 is 11.9 Å². The summed E-state index contributed by atoms with van der Waals surface area (Å²) in [4.78, 5) is 23.8. The van der Waals surface area contributed by atoms with Crippen molar-refractivity contribution in [3.8, 4) is 0 Å². The van der Waals surface area contributed by atoms with Crippen molar-refractivity contribution in [3.05, 3.63) is 18.0 Å². The van der Waals surface area contributed by atoms with Gasteiger partial charge in [-0.15, -0.1) is 0 Å². The Morgan fingerprint density at radius 2 is 1.70 bits per heavy atom. The van der Waals surface area contributed by atoms with Gasteiger partial charge >= 0.3 is 5.97 Å². The molecule has 0 atom stereocenters. The van der Waals surface area contributed by atoms with Gasteiger partial charge in [-0.25, -0.2) is 14.8 Å². The van der Waals surface area contributed by atoms with Crippen LogP contribution in [0.3, 0.4) is 0 Å². The lowest BCUT2D eigenvalue weighted by molar-refractivity contribution is 0.0696. The molecule has 6 nitrogen and oxygen atoms in total. The van der Waals surface area contributed by atoms with Gasteiger partial charge in [0, 0.05) is 44.6 Å². The van der Waals surface area contributed by atoms with Crippen molar-refractivity contribution in [1.82, 2.24) is 14.9 Å². The molecule has 1 saturated heterocycles. The highest BCUT2D eigenvalue weighted by Crippen LogP contribution is 2.24. The third-order valence-electron chi connectivity index (χ3n) is 4.32. The summed E-state index contributed by atoms with van der Waals surface area (Å²) in [5, 5.41) is 8.84. The number of aromatic carboxylic acids is 1. The maximum Gasteiger partial charge on any atom is 0.338 e. The fraction of sp³-hybridized carbons (Fsp3) is 0.643. The summed E-state index contributed by atoms with van der Waals surface area (Å²) in [5.41, 5.74) is 0.137. The average molecular weight is 276 g/mol. The van der Waals surface area contributed by atoms with E-state index in [9.17, 15) is 4.79 Å². The minimum atomic E-state index is -0.984.